The molecule has 0 aliphatic heterocycles. The monoisotopic (exact) mass is 270 g/mol. The summed E-state index contributed by atoms with van der Waals surface area (Å²) in [6, 6.07) is 3.26. The van der Waals surface area contributed by atoms with Crippen LogP contribution in [-0.4, -0.2) is 30.4 Å². The predicted octanol–water partition coefficient (Wildman–Crippen LogP) is 1.95. The summed E-state index contributed by atoms with van der Waals surface area (Å²) in [7, 11) is 0. The number of rotatable bonds is 6. The van der Waals surface area contributed by atoms with Crippen molar-refractivity contribution in [3.8, 4) is 0 Å². The van der Waals surface area contributed by atoms with E-state index in [1.54, 1.807) is 4.90 Å². The van der Waals surface area contributed by atoms with Crippen molar-refractivity contribution in [2.75, 3.05) is 19.6 Å². The zero-order chi connectivity index (χ0) is 14.4. The van der Waals surface area contributed by atoms with Gasteiger partial charge in [0, 0.05) is 19.2 Å². The Hall–Kier alpha value is -1.49. The first-order valence-corrected chi connectivity index (χ1v) is 6.39. The fourth-order valence-corrected chi connectivity index (χ4v) is 1.80. The minimum absolute atomic E-state index is 0.0583. The van der Waals surface area contributed by atoms with Crippen molar-refractivity contribution >= 4 is 5.91 Å². The SMILES string of the molecule is CCN(CC(C)CN)C(=O)Cc1ccc(F)cc1F. The zero-order valence-corrected chi connectivity index (χ0v) is 11.3. The third-order valence-electron chi connectivity index (χ3n) is 3.03. The second-order valence-corrected chi connectivity index (χ2v) is 4.69. The van der Waals surface area contributed by atoms with Crippen LogP contribution in [0.4, 0.5) is 8.78 Å². The Morgan fingerprint density at radius 1 is 1.42 bits per heavy atom. The molecular formula is C14H20F2N2O. The molecule has 0 saturated carbocycles. The Bertz CT molecular complexity index is 437. The van der Waals surface area contributed by atoms with Gasteiger partial charge in [-0.3, -0.25) is 4.79 Å². The van der Waals surface area contributed by atoms with E-state index in [9.17, 15) is 13.6 Å². The normalized spacial score (nSPS) is 12.3. The van der Waals surface area contributed by atoms with Gasteiger partial charge in [-0.15, -0.1) is 0 Å². The molecule has 1 aromatic carbocycles. The molecule has 0 heterocycles. The Balaban J connectivity index is 2.71. The zero-order valence-electron chi connectivity index (χ0n) is 11.3. The standard InChI is InChI=1S/C14H20F2N2O/c1-3-18(9-10(2)8-17)14(19)6-11-4-5-12(15)7-13(11)16/h4-5,7,10H,3,6,8-9,17H2,1-2H3. The van der Waals surface area contributed by atoms with Crippen LogP contribution in [0.5, 0.6) is 0 Å². The van der Waals surface area contributed by atoms with Gasteiger partial charge in [-0.2, -0.15) is 0 Å². The van der Waals surface area contributed by atoms with Crippen LogP contribution in [0.15, 0.2) is 18.2 Å². The fourth-order valence-electron chi connectivity index (χ4n) is 1.80. The number of carbonyl (C=O) groups excluding carboxylic acids is 1. The lowest BCUT2D eigenvalue weighted by Gasteiger charge is -2.24. The number of nitrogens with two attached hydrogens (primary N) is 1. The van der Waals surface area contributed by atoms with Crippen LogP contribution in [0, 0.1) is 17.6 Å². The quantitative estimate of drug-likeness (QED) is 0.859. The third-order valence-corrected chi connectivity index (χ3v) is 3.03. The third kappa shape index (κ3) is 4.59. The highest BCUT2D eigenvalue weighted by atomic mass is 19.1. The van der Waals surface area contributed by atoms with Gasteiger partial charge < -0.3 is 10.6 Å². The minimum atomic E-state index is -0.684. The highest BCUT2D eigenvalue weighted by Crippen LogP contribution is 2.12. The summed E-state index contributed by atoms with van der Waals surface area (Å²) in [6.07, 6.45) is -0.0583. The van der Waals surface area contributed by atoms with Gasteiger partial charge in [0.25, 0.3) is 0 Å². The van der Waals surface area contributed by atoms with E-state index in [1.807, 2.05) is 13.8 Å². The van der Waals surface area contributed by atoms with E-state index in [0.717, 1.165) is 12.1 Å². The molecule has 19 heavy (non-hydrogen) atoms. The van der Waals surface area contributed by atoms with Gasteiger partial charge in [0.15, 0.2) is 0 Å². The lowest BCUT2D eigenvalue weighted by Crippen LogP contribution is -2.37. The number of amides is 1. The van der Waals surface area contributed by atoms with E-state index in [4.69, 9.17) is 5.73 Å². The van der Waals surface area contributed by atoms with Gasteiger partial charge in [-0.25, -0.2) is 8.78 Å². The summed E-state index contributed by atoms with van der Waals surface area (Å²) in [4.78, 5) is 13.7. The summed E-state index contributed by atoms with van der Waals surface area (Å²) in [5.41, 5.74) is 5.74. The summed E-state index contributed by atoms with van der Waals surface area (Å²) >= 11 is 0. The molecule has 0 bridgehead atoms. The van der Waals surface area contributed by atoms with Gasteiger partial charge in [-0.05, 0) is 31.0 Å². The molecule has 0 aliphatic rings. The largest absolute Gasteiger partial charge is 0.342 e. The first-order valence-electron chi connectivity index (χ1n) is 6.39. The molecule has 0 spiro atoms. The van der Waals surface area contributed by atoms with Crippen LogP contribution in [-0.2, 0) is 11.2 Å². The Kier molecular flexibility index (Phi) is 5.89. The average Bonchev–Trinajstić information content (AvgIpc) is 2.38. The number of carbonyl (C=O) groups is 1. The van der Waals surface area contributed by atoms with Crippen molar-refractivity contribution in [1.82, 2.24) is 4.90 Å². The molecule has 106 valence electrons. The summed E-state index contributed by atoms with van der Waals surface area (Å²) < 4.78 is 26.3. The van der Waals surface area contributed by atoms with Gasteiger partial charge in [-0.1, -0.05) is 13.0 Å². The van der Waals surface area contributed by atoms with Crippen LogP contribution in [0.3, 0.4) is 0 Å². The van der Waals surface area contributed by atoms with Gasteiger partial charge >= 0.3 is 0 Å². The van der Waals surface area contributed by atoms with Crippen LogP contribution < -0.4 is 5.73 Å². The maximum Gasteiger partial charge on any atom is 0.227 e. The summed E-state index contributed by atoms with van der Waals surface area (Å²) in [5.74, 6) is -1.30. The molecule has 1 rings (SSSR count). The Morgan fingerprint density at radius 3 is 2.63 bits per heavy atom. The van der Waals surface area contributed by atoms with Crippen molar-refractivity contribution in [2.45, 2.75) is 20.3 Å². The number of nitrogens with zero attached hydrogens (tertiary/aromatic N) is 1. The molecule has 0 fully saturated rings. The average molecular weight is 270 g/mol. The first kappa shape index (κ1) is 15.6. The van der Waals surface area contributed by atoms with Crippen LogP contribution >= 0.6 is 0 Å². The van der Waals surface area contributed by atoms with E-state index >= 15 is 0 Å². The van der Waals surface area contributed by atoms with Crippen LogP contribution in [0.25, 0.3) is 0 Å². The topological polar surface area (TPSA) is 46.3 Å². The van der Waals surface area contributed by atoms with Crippen molar-refractivity contribution < 1.29 is 13.6 Å². The first-order chi connectivity index (χ1) is 8.97. The predicted molar refractivity (Wildman–Crippen MR) is 70.5 cm³/mol. The number of hydrogen-bond acceptors (Lipinski definition) is 2. The highest BCUT2D eigenvalue weighted by molar-refractivity contribution is 5.78. The summed E-state index contributed by atoms with van der Waals surface area (Å²) in [5, 5.41) is 0. The number of hydrogen-bond donors (Lipinski definition) is 1. The molecule has 1 unspecified atom stereocenters. The summed E-state index contributed by atoms with van der Waals surface area (Å²) in [6.45, 7) is 5.41. The second kappa shape index (κ2) is 7.19. The maximum atomic E-state index is 13.5. The number of halogens is 2. The van der Waals surface area contributed by atoms with Crippen molar-refractivity contribution in [1.29, 1.82) is 0 Å². The van der Waals surface area contributed by atoms with Crippen molar-refractivity contribution in [3.63, 3.8) is 0 Å². The number of likely N-dealkylation sites (N-methyl/N-ethyl adjacent to an activating group) is 1. The van der Waals surface area contributed by atoms with E-state index in [1.165, 1.54) is 6.07 Å². The lowest BCUT2D eigenvalue weighted by atomic mass is 10.1. The molecule has 1 aromatic rings. The van der Waals surface area contributed by atoms with Gasteiger partial charge in [0.05, 0.1) is 6.42 Å². The molecule has 1 amide bonds. The van der Waals surface area contributed by atoms with E-state index in [0.29, 0.717) is 19.6 Å². The molecule has 0 radical (unpaired) electrons. The van der Waals surface area contributed by atoms with Gasteiger partial charge in [0.2, 0.25) is 5.91 Å². The van der Waals surface area contributed by atoms with Gasteiger partial charge in [0.1, 0.15) is 11.6 Å². The molecule has 0 aromatic heterocycles. The molecule has 1 atom stereocenters. The molecule has 0 saturated heterocycles. The molecule has 5 heteroatoms. The van der Waals surface area contributed by atoms with Crippen molar-refractivity contribution in [2.24, 2.45) is 11.7 Å². The molecule has 2 N–H and O–H groups in total. The second-order valence-electron chi connectivity index (χ2n) is 4.69. The van der Waals surface area contributed by atoms with Crippen LogP contribution in [0.2, 0.25) is 0 Å². The van der Waals surface area contributed by atoms with Crippen molar-refractivity contribution in [3.05, 3.63) is 35.4 Å². The minimum Gasteiger partial charge on any atom is -0.342 e. The molecule has 0 aliphatic carbocycles. The number of benzene rings is 1. The van der Waals surface area contributed by atoms with E-state index in [2.05, 4.69) is 0 Å². The lowest BCUT2D eigenvalue weighted by molar-refractivity contribution is -0.130. The molecular weight excluding hydrogens is 250 g/mol. The highest BCUT2D eigenvalue weighted by Gasteiger charge is 2.16. The maximum absolute atomic E-state index is 13.5. The van der Waals surface area contributed by atoms with E-state index in [-0.39, 0.29) is 23.8 Å². The molecule has 3 nitrogen and oxygen atoms in total. The fraction of sp³-hybridized carbons (Fsp3) is 0.500. The Morgan fingerprint density at radius 2 is 2.11 bits per heavy atom. The Labute approximate surface area is 112 Å². The van der Waals surface area contributed by atoms with E-state index < -0.39 is 11.6 Å². The smallest absolute Gasteiger partial charge is 0.227 e. The van der Waals surface area contributed by atoms with Crippen LogP contribution in [0.1, 0.15) is 19.4 Å².